The van der Waals surface area contributed by atoms with Crippen molar-refractivity contribution in [1.82, 2.24) is 5.43 Å². The number of nitro benzene ring substituents is 1. The number of nitrogens with two attached hydrogens (primary N) is 1. The van der Waals surface area contributed by atoms with Crippen molar-refractivity contribution in [2.75, 3.05) is 12.8 Å². The minimum absolute atomic E-state index is 0.0589. The molecule has 0 unspecified atom stereocenters. The van der Waals surface area contributed by atoms with Crippen molar-refractivity contribution in [3.8, 4) is 5.75 Å². The zero-order valence-electron chi connectivity index (χ0n) is 12.2. The number of amides is 1. The van der Waals surface area contributed by atoms with E-state index in [1.165, 1.54) is 18.3 Å². The Hall–Kier alpha value is -3.42. The molecule has 0 saturated heterocycles. The van der Waals surface area contributed by atoms with Crippen molar-refractivity contribution in [1.29, 1.82) is 0 Å². The van der Waals surface area contributed by atoms with Crippen molar-refractivity contribution >= 4 is 23.5 Å². The number of rotatable bonds is 5. The summed E-state index contributed by atoms with van der Waals surface area (Å²) in [6, 6.07) is 10.7. The van der Waals surface area contributed by atoms with E-state index >= 15 is 0 Å². The van der Waals surface area contributed by atoms with Crippen LogP contribution in [0, 0.1) is 10.1 Å². The Labute approximate surface area is 131 Å². The van der Waals surface area contributed by atoms with Crippen molar-refractivity contribution in [2.24, 2.45) is 5.10 Å². The number of nitrogens with zero attached hydrogens (tertiary/aromatic N) is 2. The average Bonchev–Trinajstić information content (AvgIpc) is 2.54. The van der Waals surface area contributed by atoms with Crippen LogP contribution in [0.5, 0.6) is 5.75 Å². The number of hydrogen-bond donors (Lipinski definition) is 2. The number of nitrogen functional groups attached to an aromatic ring is 1. The standard InChI is InChI=1S/C15H14N4O4/c1-23-14-4-2-10(3-5-14)9-17-18-15(20)11-6-12(16)8-13(7-11)19(21)22/h2-9H,16H2,1H3,(H,18,20). The molecule has 3 N–H and O–H groups in total. The van der Waals surface area contributed by atoms with Crippen LogP contribution in [0.2, 0.25) is 0 Å². The number of non-ortho nitro benzene ring substituents is 1. The van der Waals surface area contributed by atoms with Crippen molar-refractivity contribution in [3.05, 3.63) is 63.7 Å². The number of anilines is 1. The van der Waals surface area contributed by atoms with E-state index in [-0.39, 0.29) is 16.9 Å². The second-order valence-corrected chi connectivity index (χ2v) is 4.54. The molecule has 23 heavy (non-hydrogen) atoms. The van der Waals surface area contributed by atoms with Crippen LogP contribution < -0.4 is 15.9 Å². The Balaban J connectivity index is 2.06. The predicted octanol–water partition coefficient (Wildman–Crippen LogP) is 1.95. The average molecular weight is 314 g/mol. The van der Waals surface area contributed by atoms with Crippen molar-refractivity contribution < 1.29 is 14.5 Å². The number of carbonyl (C=O) groups excluding carboxylic acids is 1. The summed E-state index contributed by atoms with van der Waals surface area (Å²) in [5.41, 5.74) is 8.52. The fourth-order valence-electron chi connectivity index (χ4n) is 1.79. The third kappa shape index (κ3) is 4.27. The fraction of sp³-hybridized carbons (Fsp3) is 0.0667. The number of hydrazone groups is 1. The van der Waals surface area contributed by atoms with Crippen LogP contribution in [0.1, 0.15) is 15.9 Å². The van der Waals surface area contributed by atoms with Gasteiger partial charge in [-0.1, -0.05) is 0 Å². The number of nitro groups is 1. The van der Waals surface area contributed by atoms with Gasteiger partial charge in [0.25, 0.3) is 11.6 Å². The molecule has 0 aromatic heterocycles. The maximum Gasteiger partial charge on any atom is 0.272 e. The first-order valence-electron chi connectivity index (χ1n) is 6.52. The molecule has 0 radical (unpaired) electrons. The molecule has 0 fully saturated rings. The highest BCUT2D eigenvalue weighted by molar-refractivity contribution is 5.96. The summed E-state index contributed by atoms with van der Waals surface area (Å²) < 4.78 is 5.03. The lowest BCUT2D eigenvalue weighted by atomic mass is 10.1. The largest absolute Gasteiger partial charge is 0.497 e. The van der Waals surface area contributed by atoms with Crippen LogP contribution in [-0.4, -0.2) is 24.2 Å². The molecule has 0 spiro atoms. The van der Waals surface area contributed by atoms with Gasteiger partial charge in [0.15, 0.2) is 0 Å². The van der Waals surface area contributed by atoms with E-state index in [4.69, 9.17) is 10.5 Å². The minimum Gasteiger partial charge on any atom is -0.497 e. The highest BCUT2D eigenvalue weighted by Gasteiger charge is 2.13. The predicted molar refractivity (Wildman–Crippen MR) is 85.6 cm³/mol. The summed E-state index contributed by atoms with van der Waals surface area (Å²) in [6.07, 6.45) is 1.44. The molecule has 0 atom stereocenters. The van der Waals surface area contributed by atoms with Gasteiger partial charge in [-0.25, -0.2) is 5.43 Å². The molecular weight excluding hydrogens is 300 g/mol. The SMILES string of the molecule is COc1ccc(C=NNC(=O)c2cc(N)cc([N+](=O)[O-])c2)cc1. The first kappa shape index (κ1) is 16.0. The Kier molecular flexibility index (Phi) is 4.88. The summed E-state index contributed by atoms with van der Waals surface area (Å²) in [6.45, 7) is 0. The van der Waals surface area contributed by atoms with Gasteiger partial charge in [-0.05, 0) is 35.9 Å². The molecule has 0 bridgehead atoms. The number of methoxy groups -OCH3 is 1. The first-order chi connectivity index (χ1) is 11.0. The molecule has 2 aromatic carbocycles. The maximum atomic E-state index is 11.9. The topological polar surface area (TPSA) is 120 Å². The van der Waals surface area contributed by atoms with Gasteiger partial charge in [0, 0.05) is 17.8 Å². The molecule has 0 aliphatic carbocycles. The summed E-state index contributed by atoms with van der Waals surface area (Å²) in [4.78, 5) is 22.1. The van der Waals surface area contributed by atoms with E-state index in [9.17, 15) is 14.9 Å². The van der Waals surface area contributed by atoms with Crippen LogP contribution in [0.4, 0.5) is 11.4 Å². The van der Waals surface area contributed by atoms with E-state index in [0.29, 0.717) is 5.75 Å². The molecule has 0 aliphatic rings. The van der Waals surface area contributed by atoms with E-state index in [1.54, 1.807) is 31.4 Å². The van der Waals surface area contributed by atoms with Crippen LogP contribution in [-0.2, 0) is 0 Å². The highest BCUT2D eigenvalue weighted by Crippen LogP contribution is 2.18. The molecule has 0 saturated carbocycles. The van der Waals surface area contributed by atoms with Crippen LogP contribution >= 0.6 is 0 Å². The van der Waals surface area contributed by atoms with Gasteiger partial charge in [0.1, 0.15) is 5.75 Å². The van der Waals surface area contributed by atoms with Gasteiger partial charge >= 0.3 is 0 Å². The van der Waals surface area contributed by atoms with Gasteiger partial charge in [-0.3, -0.25) is 14.9 Å². The summed E-state index contributed by atoms with van der Waals surface area (Å²) >= 11 is 0. The second kappa shape index (κ2) is 7.03. The monoisotopic (exact) mass is 314 g/mol. The van der Waals surface area contributed by atoms with Crippen LogP contribution in [0.3, 0.4) is 0 Å². The lowest BCUT2D eigenvalue weighted by molar-refractivity contribution is -0.384. The summed E-state index contributed by atoms with van der Waals surface area (Å²) in [7, 11) is 1.56. The van der Waals surface area contributed by atoms with Crippen molar-refractivity contribution in [2.45, 2.75) is 0 Å². The summed E-state index contributed by atoms with van der Waals surface area (Å²) in [5, 5.41) is 14.6. The Morgan fingerprint density at radius 3 is 2.61 bits per heavy atom. The van der Waals surface area contributed by atoms with E-state index in [1.807, 2.05) is 0 Å². The van der Waals surface area contributed by atoms with E-state index in [2.05, 4.69) is 10.5 Å². The molecule has 2 rings (SSSR count). The van der Waals surface area contributed by atoms with E-state index in [0.717, 1.165) is 11.6 Å². The molecule has 0 heterocycles. The quantitative estimate of drug-likeness (QED) is 0.378. The first-order valence-corrected chi connectivity index (χ1v) is 6.52. The lowest BCUT2D eigenvalue weighted by Crippen LogP contribution is -2.18. The van der Waals surface area contributed by atoms with Gasteiger partial charge < -0.3 is 10.5 Å². The third-order valence-electron chi connectivity index (χ3n) is 2.91. The second-order valence-electron chi connectivity index (χ2n) is 4.54. The number of nitrogens with one attached hydrogen (secondary N) is 1. The van der Waals surface area contributed by atoms with E-state index < -0.39 is 10.8 Å². The third-order valence-corrected chi connectivity index (χ3v) is 2.91. The van der Waals surface area contributed by atoms with Gasteiger partial charge in [-0.2, -0.15) is 5.10 Å². The Bertz CT molecular complexity index is 757. The Morgan fingerprint density at radius 1 is 1.30 bits per heavy atom. The number of benzene rings is 2. The van der Waals surface area contributed by atoms with Crippen molar-refractivity contribution in [3.63, 3.8) is 0 Å². The molecular formula is C15H14N4O4. The number of hydrogen-bond acceptors (Lipinski definition) is 6. The summed E-state index contributed by atoms with van der Waals surface area (Å²) in [5.74, 6) is 0.114. The Morgan fingerprint density at radius 2 is 2.00 bits per heavy atom. The van der Waals surface area contributed by atoms with Gasteiger partial charge in [0.2, 0.25) is 0 Å². The maximum absolute atomic E-state index is 11.9. The fourth-order valence-corrected chi connectivity index (χ4v) is 1.79. The molecule has 2 aromatic rings. The molecule has 0 aliphatic heterocycles. The number of carbonyl (C=O) groups is 1. The molecule has 8 nitrogen and oxygen atoms in total. The molecule has 8 heteroatoms. The molecule has 118 valence electrons. The molecule has 1 amide bonds. The minimum atomic E-state index is -0.617. The number of ether oxygens (including phenoxy) is 1. The van der Waals surface area contributed by atoms with Crippen LogP contribution in [0.25, 0.3) is 0 Å². The smallest absolute Gasteiger partial charge is 0.272 e. The van der Waals surface area contributed by atoms with Gasteiger partial charge in [-0.15, -0.1) is 0 Å². The van der Waals surface area contributed by atoms with Crippen LogP contribution in [0.15, 0.2) is 47.6 Å². The lowest BCUT2D eigenvalue weighted by Gasteiger charge is -2.02. The highest BCUT2D eigenvalue weighted by atomic mass is 16.6. The zero-order valence-corrected chi connectivity index (χ0v) is 12.2. The zero-order chi connectivity index (χ0) is 16.8. The van der Waals surface area contributed by atoms with Gasteiger partial charge in [0.05, 0.1) is 23.8 Å². The normalized spacial score (nSPS) is 10.5.